The molecule has 1 amide bonds. The van der Waals surface area contributed by atoms with Crippen molar-refractivity contribution in [2.75, 3.05) is 19.7 Å². The van der Waals surface area contributed by atoms with Crippen molar-refractivity contribution in [2.24, 2.45) is 0 Å². The summed E-state index contributed by atoms with van der Waals surface area (Å²) in [5.74, 6) is 0.736. The molecular weight excluding hydrogens is 424 g/mol. The summed E-state index contributed by atoms with van der Waals surface area (Å²) in [4.78, 5) is 14.5. The molecule has 0 saturated carbocycles. The second kappa shape index (κ2) is 10.3. The zero-order chi connectivity index (χ0) is 21.6. The highest BCUT2D eigenvalue weighted by Crippen LogP contribution is 2.19. The first-order chi connectivity index (χ1) is 14.4. The van der Waals surface area contributed by atoms with Crippen LogP contribution in [0.1, 0.15) is 31.7 Å². The SMILES string of the molecule is CCOc1ccc(S(=O)(=O)NC2CCN(C(=O)CCc3ccc(Cl)cc3)CC2)cc1. The van der Waals surface area contributed by atoms with Crippen molar-refractivity contribution in [3.05, 3.63) is 59.1 Å². The first-order valence-corrected chi connectivity index (χ1v) is 12.0. The van der Waals surface area contributed by atoms with Crippen LogP contribution >= 0.6 is 11.6 Å². The molecule has 6 nitrogen and oxygen atoms in total. The Morgan fingerprint density at radius 1 is 1.10 bits per heavy atom. The number of ether oxygens (including phenoxy) is 1. The minimum Gasteiger partial charge on any atom is -0.494 e. The van der Waals surface area contributed by atoms with Crippen LogP contribution in [0.2, 0.25) is 5.02 Å². The fourth-order valence-electron chi connectivity index (χ4n) is 3.48. The predicted molar refractivity (Wildman–Crippen MR) is 117 cm³/mol. The van der Waals surface area contributed by atoms with Crippen molar-refractivity contribution in [2.45, 2.75) is 43.5 Å². The van der Waals surface area contributed by atoms with E-state index in [2.05, 4.69) is 4.72 Å². The number of benzene rings is 2. The van der Waals surface area contributed by atoms with Gasteiger partial charge in [0, 0.05) is 30.6 Å². The van der Waals surface area contributed by atoms with Gasteiger partial charge >= 0.3 is 0 Å². The summed E-state index contributed by atoms with van der Waals surface area (Å²) >= 11 is 5.88. The zero-order valence-electron chi connectivity index (χ0n) is 17.0. The summed E-state index contributed by atoms with van der Waals surface area (Å²) in [5.41, 5.74) is 1.07. The van der Waals surface area contributed by atoms with Crippen molar-refractivity contribution >= 4 is 27.5 Å². The van der Waals surface area contributed by atoms with E-state index in [0.29, 0.717) is 56.2 Å². The first-order valence-electron chi connectivity index (χ1n) is 10.1. The van der Waals surface area contributed by atoms with Gasteiger partial charge in [0.25, 0.3) is 0 Å². The normalized spacial score (nSPS) is 15.2. The molecule has 1 aliphatic heterocycles. The number of hydrogen-bond acceptors (Lipinski definition) is 4. The average molecular weight is 451 g/mol. The predicted octanol–water partition coefficient (Wildman–Crippen LogP) is 3.64. The third-order valence-corrected chi connectivity index (χ3v) is 6.94. The average Bonchev–Trinajstić information content (AvgIpc) is 2.74. The highest BCUT2D eigenvalue weighted by atomic mass is 35.5. The minimum atomic E-state index is -3.60. The van der Waals surface area contributed by atoms with Crippen LogP contribution in [0.25, 0.3) is 0 Å². The van der Waals surface area contributed by atoms with Crippen molar-refractivity contribution in [1.82, 2.24) is 9.62 Å². The third-order valence-electron chi connectivity index (χ3n) is 5.16. The fourth-order valence-corrected chi connectivity index (χ4v) is 4.91. The Morgan fingerprint density at radius 3 is 2.33 bits per heavy atom. The Kier molecular flexibility index (Phi) is 7.75. The van der Waals surface area contributed by atoms with Crippen molar-refractivity contribution in [3.8, 4) is 5.75 Å². The largest absolute Gasteiger partial charge is 0.494 e. The number of aryl methyl sites for hydroxylation is 1. The maximum atomic E-state index is 12.6. The Hall–Kier alpha value is -2.09. The van der Waals surface area contributed by atoms with E-state index in [1.165, 1.54) is 0 Å². The summed E-state index contributed by atoms with van der Waals surface area (Å²) in [6.07, 6.45) is 2.30. The van der Waals surface area contributed by atoms with Gasteiger partial charge in [0.05, 0.1) is 11.5 Å². The number of piperidine rings is 1. The fraction of sp³-hybridized carbons (Fsp3) is 0.409. The minimum absolute atomic E-state index is 0.0952. The smallest absolute Gasteiger partial charge is 0.240 e. The summed E-state index contributed by atoms with van der Waals surface area (Å²) in [6, 6.07) is 13.7. The van der Waals surface area contributed by atoms with E-state index in [0.717, 1.165) is 5.56 Å². The van der Waals surface area contributed by atoms with E-state index in [-0.39, 0.29) is 16.8 Å². The number of amides is 1. The van der Waals surface area contributed by atoms with E-state index in [1.807, 2.05) is 36.1 Å². The van der Waals surface area contributed by atoms with Gasteiger partial charge in [0.15, 0.2) is 0 Å². The summed E-state index contributed by atoms with van der Waals surface area (Å²) in [7, 11) is -3.60. The second-order valence-electron chi connectivity index (χ2n) is 7.31. The number of carbonyl (C=O) groups excluding carboxylic acids is 1. The molecule has 1 saturated heterocycles. The highest BCUT2D eigenvalue weighted by Gasteiger charge is 2.26. The standard InChI is InChI=1S/C22H27ClN2O4S/c1-2-29-20-8-10-21(11-9-20)30(27,28)24-19-13-15-25(16-14-19)22(26)12-5-17-3-6-18(23)7-4-17/h3-4,6-11,19,24H,2,5,12-16H2,1H3. The van der Waals surface area contributed by atoms with Gasteiger partial charge in [0.1, 0.15) is 5.75 Å². The molecule has 2 aromatic rings. The van der Waals surface area contributed by atoms with Crippen LogP contribution in [0, 0.1) is 0 Å². The van der Waals surface area contributed by atoms with Crippen LogP contribution in [0.5, 0.6) is 5.75 Å². The first kappa shape index (κ1) is 22.6. The number of carbonyl (C=O) groups is 1. The van der Waals surface area contributed by atoms with E-state index in [9.17, 15) is 13.2 Å². The van der Waals surface area contributed by atoms with Crippen LogP contribution < -0.4 is 9.46 Å². The number of halogens is 1. The van der Waals surface area contributed by atoms with E-state index < -0.39 is 10.0 Å². The number of sulfonamides is 1. The van der Waals surface area contributed by atoms with Gasteiger partial charge < -0.3 is 9.64 Å². The summed E-state index contributed by atoms with van der Waals surface area (Å²) in [6.45, 7) is 3.51. The van der Waals surface area contributed by atoms with Gasteiger partial charge in [0.2, 0.25) is 15.9 Å². The van der Waals surface area contributed by atoms with Gasteiger partial charge in [-0.2, -0.15) is 0 Å². The van der Waals surface area contributed by atoms with E-state index >= 15 is 0 Å². The van der Waals surface area contributed by atoms with Crippen molar-refractivity contribution in [3.63, 3.8) is 0 Å². The Labute approximate surface area is 183 Å². The lowest BCUT2D eigenvalue weighted by Gasteiger charge is -2.32. The van der Waals surface area contributed by atoms with E-state index in [1.54, 1.807) is 24.3 Å². The number of hydrogen-bond donors (Lipinski definition) is 1. The zero-order valence-corrected chi connectivity index (χ0v) is 18.6. The van der Waals surface area contributed by atoms with Gasteiger partial charge in [-0.1, -0.05) is 23.7 Å². The maximum Gasteiger partial charge on any atom is 0.240 e. The van der Waals surface area contributed by atoms with Gasteiger partial charge in [-0.05, 0) is 68.1 Å². The van der Waals surface area contributed by atoms with Crippen LogP contribution in [0.4, 0.5) is 0 Å². The number of rotatable bonds is 8. The van der Waals surface area contributed by atoms with Gasteiger partial charge in [-0.25, -0.2) is 13.1 Å². The topological polar surface area (TPSA) is 75.7 Å². The van der Waals surface area contributed by atoms with Crippen molar-refractivity contribution in [1.29, 1.82) is 0 Å². The van der Waals surface area contributed by atoms with Gasteiger partial charge in [-0.15, -0.1) is 0 Å². The molecule has 30 heavy (non-hydrogen) atoms. The molecule has 0 spiro atoms. The third kappa shape index (κ3) is 6.20. The Bertz CT molecular complexity index is 938. The molecule has 8 heteroatoms. The van der Waals surface area contributed by atoms with E-state index in [4.69, 9.17) is 16.3 Å². The molecule has 2 aromatic carbocycles. The van der Waals surface area contributed by atoms with Gasteiger partial charge in [-0.3, -0.25) is 4.79 Å². The van der Waals surface area contributed by atoms with Crippen LogP contribution in [-0.4, -0.2) is 45.0 Å². The maximum absolute atomic E-state index is 12.6. The molecule has 0 atom stereocenters. The molecule has 162 valence electrons. The molecule has 0 aliphatic carbocycles. The lowest BCUT2D eigenvalue weighted by Crippen LogP contribution is -2.46. The molecule has 1 fully saturated rings. The second-order valence-corrected chi connectivity index (χ2v) is 9.46. The molecule has 1 N–H and O–H groups in total. The number of likely N-dealkylation sites (tertiary alicyclic amines) is 1. The quantitative estimate of drug-likeness (QED) is 0.666. The molecule has 3 rings (SSSR count). The van der Waals surface area contributed by atoms with Crippen LogP contribution in [-0.2, 0) is 21.2 Å². The Morgan fingerprint density at radius 2 is 1.73 bits per heavy atom. The molecule has 0 aromatic heterocycles. The van der Waals surface area contributed by atoms with Crippen LogP contribution in [0.15, 0.2) is 53.4 Å². The monoisotopic (exact) mass is 450 g/mol. The van der Waals surface area contributed by atoms with Crippen molar-refractivity contribution < 1.29 is 17.9 Å². The number of nitrogens with zero attached hydrogens (tertiary/aromatic N) is 1. The summed E-state index contributed by atoms with van der Waals surface area (Å²) < 4.78 is 33.4. The molecule has 0 radical (unpaired) electrons. The lowest BCUT2D eigenvalue weighted by atomic mass is 10.0. The Balaban J connectivity index is 1.47. The lowest BCUT2D eigenvalue weighted by molar-refractivity contribution is -0.132. The number of nitrogens with one attached hydrogen (secondary N) is 1. The molecule has 0 unspecified atom stereocenters. The molecule has 1 aliphatic rings. The highest BCUT2D eigenvalue weighted by molar-refractivity contribution is 7.89. The molecule has 0 bridgehead atoms. The molecular formula is C22H27ClN2O4S. The van der Waals surface area contributed by atoms with Crippen LogP contribution in [0.3, 0.4) is 0 Å². The summed E-state index contributed by atoms with van der Waals surface area (Å²) in [5, 5.41) is 0.680. The molecule has 1 heterocycles.